The Balaban J connectivity index is 4.04. The number of rotatable bonds is 33. The van der Waals surface area contributed by atoms with Gasteiger partial charge in [-0.2, -0.15) is 10.2 Å². The van der Waals surface area contributed by atoms with Crippen LogP contribution in [-0.4, -0.2) is 86.4 Å². The lowest BCUT2D eigenvalue weighted by molar-refractivity contribution is -0.145. The second kappa shape index (κ2) is 27.5. The summed E-state index contributed by atoms with van der Waals surface area (Å²) < 4.78 is 32.1. The molecule has 52 heavy (non-hydrogen) atoms. The molecule has 15 nitrogen and oxygen atoms in total. The fraction of sp³-hybridized carbons (Fsp3) is 0.886. The van der Waals surface area contributed by atoms with Crippen LogP contribution in [0.25, 0.3) is 0 Å². The summed E-state index contributed by atoms with van der Waals surface area (Å²) in [7, 11) is -7.79. The number of azo groups is 1. The van der Waals surface area contributed by atoms with Crippen LogP contribution in [0, 0.1) is 0 Å². The fourth-order valence-corrected chi connectivity index (χ4v) is 6.33. The first kappa shape index (κ1) is 50.0. The molecule has 0 spiro atoms. The zero-order valence-electron chi connectivity index (χ0n) is 32.0. The predicted octanol–water partition coefficient (Wildman–Crippen LogP) is 6.92. The number of hydrogen-bond donors (Lipinski definition) is 5. The van der Waals surface area contributed by atoms with Crippen LogP contribution in [0.1, 0.15) is 156 Å². The highest BCUT2D eigenvalue weighted by molar-refractivity contribution is 7.52. The summed E-state index contributed by atoms with van der Waals surface area (Å²) >= 11 is 0. The van der Waals surface area contributed by atoms with Crippen molar-refractivity contribution in [3.63, 3.8) is 0 Å². The van der Waals surface area contributed by atoms with Crippen molar-refractivity contribution < 1.29 is 57.4 Å². The molecule has 0 saturated carbocycles. The Morgan fingerprint density at radius 1 is 0.519 bits per heavy atom. The maximum absolute atomic E-state index is 12.8. The van der Waals surface area contributed by atoms with Gasteiger partial charge < -0.3 is 34.4 Å². The monoisotopic (exact) mass is 783 g/mol. The number of amides is 1. The highest BCUT2D eigenvalue weighted by Crippen LogP contribution is 2.36. The summed E-state index contributed by atoms with van der Waals surface area (Å²) in [6.07, 6.45) is 14.7. The van der Waals surface area contributed by atoms with Crippen molar-refractivity contribution >= 4 is 38.8 Å². The Labute approximate surface area is 310 Å². The van der Waals surface area contributed by atoms with Crippen molar-refractivity contribution in [2.24, 2.45) is 10.2 Å². The van der Waals surface area contributed by atoms with Gasteiger partial charge in [0.15, 0.2) is 11.3 Å². The molecule has 0 rings (SSSR count). The molecule has 0 aromatic rings. The Hall–Kier alpha value is -2.02. The molecule has 1 amide bonds. The van der Waals surface area contributed by atoms with Gasteiger partial charge in [0, 0.05) is 31.6 Å². The number of ketones is 1. The quantitative estimate of drug-likeness (QED) is 0.0197. The van der Waals surface area contributed by atoms with Crippen molar-refractivity contribution in [2.45, 2.75) is 167 Å². The first-order chi connectivity index (χ1) is 24.3. The second-order valence-electron chi connectivity index (χ2n) is 14.5. The van der Waals surface area contributed by atoms with Crippen molar-refractivity contribution in [1.82, 2.24) is 5.32 Å². The summed E-state index contributed by atoms with van der Waals surface area (Å²) in [5.74, 6) is -1.27. The van der Waals surface area contributed by atoms with E-state index in [0.717, 1.165) is 83.5 Å². The van der Waals surface area contributed by atoms with E-state index >= 15 is 0 Å². The van der Waals surface area contributed by atoms with Gasteiger partial charge in [0.05, 0.1) is 13.2 Å². The third-order valence-corrected chi connectivity index (χ3v) is 10.2. The number of carbonyl (C=O) groups excluding carboxylic acids is 4. The first-order valence-electron chi connectivity index (χ1n) is 18.9. The molecule has 0 unspecified atom stereocenters. The van der Waals surface area contributed by atoms with Crippen molar-refractivity contribution in [3.8, 4) is 0 Å². The van der Waals surface area contributed by atoms with E-state index in [1.54, 1.807) is 27.7 Å². The molecule has 0 saturated heterocycles. The molecule has 0 bridgehead atoms. The summed E-state index contributed by atoms with van der Waals surface area (Å²) in [6, 6.07) is 0. The average molecular weight is 784 g/mol. The molecule has 0 heterocycles. The van der Waals surface area contributed by atoms with Gasteiger partial charge >= 0.3 is 27.1 Å². The molecule has 5 N–H and O–H groups in total. The number of nitrogens with zero attached hydrogens (tertiary/aromatic N) is 2. The van der Waals surface area contributed by atoms with Gasteiger partial charge in [-0.25, -0.2) is 0 Å². The van der Waals surface area contributed by atoms with Gasteiger partial charge in [0.25, 0.3) is 0 Å². The van der Waals surface area contributed by atoms with E-state index in [2.05, 4.69) is 15.5 Å². The van der Waals surface area contributed by atoms with E-state index in [0.29, 0.717) is 38.5 Å². The maximum atomic E-state index is 12.8. The molecule has 0 aliphatic heterocycles. The van der Waals surface area contributed by atoms with E-state index in [4.69, 9.17) is 29.0 Å². The number of carbonyl (C=O) groups is 4. The molecular formula is C35H67N3O12P2. The lowest BCUT2D eigenvalue weighted by atomic mass is 9.97. The fourth-order valence-electron chi connectivity index (χ4n) is 5.06. The number of hydrogen-bond acceptors (Lipinski definition) is 10. The number of nitrogens with one attached hydrogen (secondary N) is 1. The van der Waals surface area contributed by atoms with Crippen LogP contribution in [0.5, 0.6) is 0 Å². The average Bonchev–Trinajstić information content (AvgIpc) is 3.04. The maximum Gasteiger partial charge on any atom is 0.325 e. The summed E-state index contributed by atoms with van der Waals surface area (Å²) in [6.45, 7) is 6.62. The molecule has 0 atom stereocenters. The minimum atomic E-state index is -3.90. The molecule has 17 heteroatoms. The lowest BCUT2D eigenvalue weighted by Gasteiger charge is -2.22. The van der Waals surface area contributed by atoms with E-state index in [1.165, 1.54) is 0 Å². The minimum Gasteiger partial charge on any atom is -0.466 e. The predicted molar refractivity (Wildman–Crippen MR) is 199 cm³/mol. The van der Waals surface area contributed by atoms with Crippen molar-refractivity contribution in [1.29, 1.82) is 0 Å². The molecule has 304 valence electrons. The normalized spacial score (nSPS) is 12.6. The van der Waals surface area contributed by atoms with Crippen molar-refractivity contribution in [3.05, 3.63) is 0 Å². The second-order valence-corrected chi connectivity index (χ2v) is 18.0. The van der Waals surface area contributed by atoms with Crippen LogP contribution in [0.2, 0.25) is 0 Å². The zero-order chi connectivity index (χ0) is 39.5. The molecule has 0 aromatic heterocycles. The lowest BCUT2D eigenvalue weighted by Crippen LogP contribution is -2.42. The molecule has 0 radical (unpaired) electrons. The Bertz CT molecular complexity index is 1080. The van der Waals surface area contributed by atoms with Crippen LogP contribution in [0.4, 0.5) is 0 Å². The van der Waals surface area contributed by atoms with E-state index in [-0.39, 0.29) is 56.2 Å². The van der Waals surface area contributed by atoms with E-state index < -0.39 is 32.2 Å². The smallest absolute Gasteiger partial charge is 0.325 e. The Morgan fingerprint density at radius 2 is 0.885 bits per heavy atom. The van der Waals surface area contributed by atoms with Gasteiger partial charge in [-0.3, -0.25) is 28.3 Å². The van der Waals surface area contributed by atoms with Gasteiger partial charge in [-0.1, -0.05) is 77.0 Å². The molecule has 0 aromatic carbocycles. The van der Waals surface area contributed by atoms with Crippen LogP contribution in [-0.2, 0) is 37.8 Å². The third kappa shape index (κ3) is 30.4. The van der Waals surface area contributed by atoms with Crippen LogP contribution < -0.4 is 5.32 Å². The highest BCUT2D eigenvalue weighted by Gasteiger charge is 2.31. The standard InChI is InChI=1S/C35H67N3O12P2/c1-34(2,30(39)22-21-26-49-31(40)23-17-13-9-5-7-11-15-19-28-51(43,44)45)37-38-35(3,4)33(42)36-25-27-50-32(41)24-18-14-10-6-8-12-16-20-29-52(46,47)48/h5-29H2,1-4H3,(H,36,42)(H2,43,44,45)(H2,46,47,48). The highest BCUT2D eigenvalue weighted by atomic mass is 31.2. The van der Waals surface area contributed by atoms with Gasteiger partial charge in [0.2, 0.25) is 5.91 Å². The molecule has 0 aliphatic rings. The summed E-state index contributed by atoms with van der Waals surface area (Å²) in [4.78, 5) is 84.9. The molecule has 0 aliphatic carbocycles. The SMILES string of the molecule is CC(C)(N=NC(C)(C)C(=O)NCCOC(=O)CCCCCCCCCCP(=O)(O)O)C(=O)CCCOC(=O)CCCCCCCCCCP(=O)(O)O. The van der Waals surface area contributed by atoms with Crippen LogP contribution in [0.3, 0.4) is 0 Å². The van der Waals surface area contributed by atoms with Crippen LogP contribution in [0.15, 0.2) is 10.2 Å². The third-order valence-electron chi connectivity index (χ3n) is 8.41. The van der Waals surface area contributed by atoms with Crippen molar-refractivity contribution in [2.75, 3.05) is 32.1 Å². The summed E-state index contributed by atoms with van der Waals surface area (Å²) in [5, 5.41) is 11.0. The minimum absolute atomic E-state index is 0.0223. The van der Waals surface area contributed by atoms with E-state index in [1.807, 2.05) is 0 Å². The molecular weight excluding hydrogens is 716 g/mol. The number of esters is 2. The Morgan fingerprint density at radius 3 is 1.31 bits per heavy atom. The topological polar surface area (TPSA) is 239 Å². The number of ether oxygens (including phenoxy) is 2. The number of unbranched alkanes of at least 4 members (excludes halogenated alkanes) is 14. The zero-order valence-corrected chi connectivity index (χ0v) is 33.8. The van der Waals surface area contributed by atoms with Crippen LogP contribution >= 0.6 is 15.2 Å². The van der Waals surface area contributed by atoms with Gasteiger partial charge in [-0.15, -0.1) is 0 Å². The van der Waals surface area contributed by atoms with Gasteiger partial charge in [0.1, 0.15) is 12.1 Å². The van der Waals surface area contributed by atoms with E-state index in [9.17, 15) is 28.3 Å². The number of Topliss-reactive ketones (excluding diaryl/α,β-unsaturated/α-hetero) is 1. The molecule has 0 fully saturated rings. The van der Waals surface area contributed by atoms with Gasteiger partial charge in [-0.05, 0) is 59.8 Å². The first-order valence-corrected chi connectivity index (χ1v) is 22.5. The Kier molecular flexibility index (Phi) is 26.5. The summed E-state index contributed by atoms with van der Waals surface area (Å²) in [5.41, 5.74) is -2.43. The largest absolute Gasteiger partial charge is 0.466 e.